The van der Waals surface area contributed by atoms with Gasteiger partial charge in [-0.15, -0.1) is 0 Å². The molecule has 3 atom stereocenters. The molecule has 0 saturated carbocycles. The van der Waals surface area contributed by atoms with Gasteiger partial charge in [-0.1, -0.05) is 182 Å². The van der Waals surface area contributed by atoms with Crippen molar-refractivity contribution in [2.24, 2.45) is 0 Å². The lowest BCUT2D eigenvalue weighted by Gasteiger charge is -2.24. The van der Waals surface area contributed by atoms with E-state index >= 15 is 0 Å². The zero-order valence-electron chi connectivity index (χ0n) is 39.1. The SMILES string of the molecule is O=C(N[C@@H](Cc1cccc2ccccc12)C(=O)NCC[C@@H](CO)NC(=O)[C@H](Cc1cccc2ccccc12)NC(=O)OCC1c2ccccc2-c2ccccc21)OCC1c2ccccc2-c2ccccc21. The molecule has 11 nitrogen and oxygen atoms in total. The van der Waals surface area contributed by atoms with Crippen LogP contribution in [-0.4, -0.2) is 73.6 Å². The molecule has 0 aliphatic heterocycles. The third-order valence-electron chi connectivity index (χ3n) is 13.9. The van der Waals surface area contributed by atoms with E-state index in [1.54, 1.807) is 0 Å². The average molecular weight is 943 g/mol. The molecule has 8 aromatic rings. The van der Waals surface area contributed by atoms with E-state index in [-0.39, 0.29) is 50.9 Å². The van der Waals surface area contributed by atoms with Crippen LogP contribution in [0.1, 0.15) is 51.6 Å². The van der Waals surface area contributed by atoms with Gasteiger partial charge in [-0.05, 0) is 83.6 Å². The third kappa shape index (κ3) is 10.1. The minimum absolute atomic E-state index is 0.0521. The fourth-order valence-corrected chi connectivity index (χ4v) is 10.4. The van der Waals surface area contributed by atoms with E-state index in [0.717, 1.165) is 77.2 Å². The Hall–Kier alpha value is -8.28. The molecule has 10 rings (SSSR count). The van der Waals surface area contributed by atoms with Gasteiger partial charge in [-0.2, -0.15) is 0 Å². The van der Waals surface area contributed by atoms with Crippen LogP contribution in [0, 0.1) is 0 Å². The van der Waals surface area contributed by atoms with Crippen molar-refractivity contribution in [1.82, 2.24) is 21.3 Å². The highest BCUT2D eigenvalue weighted by molar-refractivity contribution is 5.91. The highest BCUT2D eigenvalue weighted by Gasteiger charge is 2.32. The largest absolute Gasteiger partial charge is 0.449 e. The van der Waals surface area contributed by atoms with Crippen LogP contribution in [0.2, 0.25) is 0 Å². The van der Waals surface area contributed by atoms with Crippen LogP contribution >= 0.6 is 0 Å². The maximum absolute atomic E-state index is 14.3. The van der Waals surface area contributed by atoms with Crippen molar-refractivity contribution < 1.29 is 33.8 Å². The minimum Gasteiger partial charge on any atom is -0.449 e. The van der Waals surface area contributed by atoms with Gasteiger partial charge in [0.1, 0.15) is 25.3 Å². The summed E-state index contributed by atoms with van der Waals surface area (Å²) in [5.74, 6) is -1.32. The Morgan fingerprint density at radius 3 is 1.27 bits per heavy atom. The summed E-state index contributed by atoms with van der Waals surface area (Å²) in [5.41, 5.74) is 10.4. The van der Waals surface area contributed by atoms with Gasteiger partial charge in [-0.3, -0.25) is 9.59 Å². The van der Waals surface area contributed by atoms with Gasteiger partial charge in [0.25, 0.3) is 0 Å². The predicted octanol–water partition coefficient (Wildman–Crippen LogP) is 9.58. The molecule has 0 saturated heterocycles. The maximum Gasteiger partial charge on any atom is 0.407 e. The Balaban J connectivity index is 0.807. The number of carbonyl (C=O) groups is 4. The lowest BCUT2D eigenvalue weighted by Crippen LogP contribution is -2.53. The van der Waals surface area contributed by atoms with Crippen LogP contribution in [0.3, 0.4) is 0 Å². The molecule has 8 aromatic carbocycles. The quantitative estimate of drug-likeness (QED) is 0.0609. The number of fused-ring (bicyclic) bond motifs is 8. The first-order valence-corrected chi connectivity index (χ1v) is 24.2. The fraction of sp³-hybridized carbons (Fsp3) is 0.200. The minimum atomic E-state index is -1.08. The van der Waals surface area contributed by atoms with Gasteiger partial charge in [0.2, 0.25) is 11.8 Å². The van der Waals surface area contributed by atoms with Crippen LogP contribution < -0.4 is 21.3 Å². The van der Waals surface area contributed by atoms with E-state index in [0.29, 0.717) is 0 Å². The van der Waals surface area contributed by atoms with Crippen molar-refractivity contribution in [3.8, 4) is 22.3 Å². The molecule has 4 amide bonds. The molecule has 11 heteroatoms. The Kier molecular flexibility index (Phi) is 13.8. The molecule has 71 heavy (non-hydrogen) atoms. The zero-order valence-corrected chi connectivity index (χ0v) is 39.1. The van der Waals surface area contributed by atoms with E-state index in [2.05, 4.69) is 45.5 Å². The average Bonchev–Trinajstić information content (AvgIpc) is 3.91. The number of aliphatic hydroxyl groups is 1. The lowest BCUT2D eigenvalue weighted by atomic mass is 9.98. The van der Waals surface area contributed by atoms with E-state index < -0.39 is 48.7 Å². The number of carbonyl (C=O) groups excluding carboxylic acids is 4. The summed E-state index contributed by atoms with van der Waals surface area (Å²) >= 11 is 0. The highest BCUT2D eigenvalue weighted by Crippen LogP contribution is 2.45. The Morgan fingerprint density at radius 1 is 0.451 bits per heavy atom. The van der Waals surface area contributed by atoms with Crippen molar-refractivity contribution >= 4 is 45.5 Å². The molecule has 0 bridgehead atoms. The summed E-state index contributed by atoms with van der Waals surface area (Å²) in [6.45, 7) is -0.238. The summed E-state index contributed by atoms with van der Waals surface area (Å²) in [6.07, 6.45) is -1.01. The van der Waals surface area contributed by atoms with Crippen molar-refractivity contribution in [1.29, 1.82) is 0 Å². The number of benzene rings is 8. The van der Waals surface area contributed by atoms with Gasteiger partial charge < -0.3 is 35.8 Å². The first-order valence-electron chi connectivity index (χ1n) is 24.2. The second-order valence-electron chi connectivity index (χ2n) is 18.2. The monoisotopic (exact) mass is 942 g/mol. The van der Waals surface area contributed by atoms with Crippen LogP contribution in [0.15, 0.2) is 182 Å². The molecule has 0 heterocycles. The smallest absolute Gasteiger partial charge is 0.407 e. The summed E-state index contributed by atoms with van der Waals surface area (Å²) in [7, 11) is 0. The van der Waals surface area contributed by atoms with Crippen LogP contribution in [0.25, 0.3) is 43.8 Å². The third-order valence-corrected chi connectivity index (χ3v) is 13.9. The highest BCUT2D eigenvalue weighted by atomic mass is 16.6. The van der Waals surface area contributed by atoms with E-state index in [1.165, 1.54) is 0 Å². The molecule has 0 radical (unpaired) electrons. The van der Waals surface area contributed by atoms with E-state index in [4.69, 9.17) is 9.47 Å². The molecule has 0 aromatic heterocycles. The van der Waals surface area contributed by atoms with Gasteiger partial charge in [0.05, 0.1) is 12.6 Å². The molecular weight excluding hydrogens is 889 g/mol. The summed E-state index contributed by atoms with van der Waals surface area (Å²) < 4.78 is 11.8. The molecule has 2 aliphatic rings. The topological polar surface area (TPSA) is 155 Å². The van der Waals surface area contributed by atoms with Crippen LogP contribution in [0.5, 0.6) is 0 Å². The lowest BCUT2D eigenvalue weighted by molar-refractivity contribution is -0.124. The standard InChI is InChI=1S/C60H54N4O7/c65-35-42(62-58(67)56(34-41-20-14-18-39-16-2-4-22-44(39)41)64-60(69)71-37-54-51-29-11-7-25-47(51)48-26-8-12-30-52(48)54)31-32-61-57(66)55(33-40-19-13-17-38-15-1-3-21-43(38)40)63-59(68)70-36-53-49-27-9-5-23-45(49)46-24-6-10-28-50(46)53/h1-30,42,53-56,65H,31-37H2,(H,61,66)(H,62,67)(H,63,68)(H,64,69)/t42-,55-,56-/m0/s1. The number of nitrogens with one attached hydrogen (secondary N) is 4. The fourth-order valence-electron chi connectivity index (χ4n) is 10.4. The van der Waals surface area contributed by atoms with E-state index in [9.17, 15) is 24.3 Å². The molecule has 0 unspecified atom stereocenters. The summed E-state index contributed by atoms with van der Waals surface area (Å²) in [6, 6.07) is 56.8. The first kappa shape index (κ1) is 46.4. The second kappa shape index (κ2) is 21.2. The Bertz CT molecular complexity index is 3160. The number of amides is 4. The van der Waals surface area contributed by atoms with Crippen molar-refractivity contribution in [3.63, 3.8) is 0 Å². The molecule has 2 aliphatic carbocycles. The Morgan fingerprint density at radius 2 is 0.831 bits per heavy atom. The summed E-state index contributed by atoms with van der Waals surface area (Å²) in [4.78, 5) is 55.8. The first-order chi connectivity index (χ1) is 34.8. The second-order valence-corrected chi connectivity index (χ2v) is 18.2. The summed E-state index contributed by atoms with van der Waals surface area (Å²) in [5, 5.41) is 26.0. The number of alkyl carbamates (subject to hydrolysis) is 2. The van der Waals surface area contributed by atoms with Crippen LogP contribution in [0.4, 0.5) is 9.59 Å². The number of ether oxygens (including phenoxy) is 2. The zero-order chi connectivity index (χ0) is 48.7. The van der Waals surface area contributed by atoms with Gasteiger partial charge in [-0.25, -0.2) is 9.59 Å². The maximum atomic E-state index is 14.3. The molecule has 0 spiro atoms. The number of rotatable bonds is 17. The molecular formula is C60H54N4O7. The van der Waals surface area contributed by atoms with Gasteiger partial charge >= 0.3 is 12.2 Å². The van der Waals surface area contributed by atoms with Crippen LogP contribution in [-0.2, 0) is 31.9 Å². The molecule has 0 fully saturated rings. The van der Waals surface area contributed by atoms with Crippen molar-refractivity contribution in [2.75, 3.05) is 26.4 Å². The van der Waals surface area contributed by atoms with E-state index in [1.807, 2.05) is 158 Å². The Labute approximate surface area is 412 Å². The van der Waals surface area contributed by atoms with Gasteiger partial charge in [0.15, 0.2) is 0 Å². The van der Waals surface area contributed by atoms with Crippen molar-refractivity contribution in [3.05, 3.63) is 215 Å². The molecule has 356 valence electrons. The molecule has 5 N–H and O–H groups in total. The number of aliphatic hydroxyl groups excluding tert-OH is 1. The van der Waals surface area contributed by atoms with Crippen molar-refractivity contribution in [2.45, 2.75) is 49.2 Å². The predicted molar refractivity (Wildman–Crippen MR) is 276 cm³/mol. The normalized spacial score (nSPS) is 13.8. The number of hydrogen-bond acceptors (Lipinski definition) is 7. The van der Waals surface area contributed by atoms with Gasteiger partial charge in [0, 0.05) is 31.2 Å². The number of hydrogen-bond donors (Lipinski definition) is 5.